The van der Waals surface area contributed by atoms with Gasteiger partial charge in [0.15, 0.2) is 0 Å². The number of halogens is 2. The summed E-state index contributed by atoms with van der Waals surface area (Å²) in [4.78, 5) is 13.8. The van der Waals surface area contributed by atoms with Crippen molar-refractivity contribution in [3.8, 4) is 5.75 Å². The Balaban J connectivity index is 1.63. The molecule has 0 aromatic heterocycles. The number of nitrogens with zero attached hydrogens (tertiary/aromatic N) is 1. The maximum absolute atomic E-state index is 11.4. The van der Waals surface area contributed by atoms with Crippen molar-refractivity contribution >= 4 is 34.7 Å². The van der Waals surface area contributed by atoms with Gasteiger partial charge in [0.2, 0.25) is 0 Å². The van der Waals surface area contributed by atoms with E-state index in [1.807, 2.05) is 18.2 Å². The highest BCUT2D eigenvalue weighted by atomic mass is 35.5. The Morgan fingerprint density at radius 1 is 1.20 bits per heavy atom. The maximum atomic E-state index is 11.4. The summed E-state index contributed by atoms with van der Waals surface area (Å²) in [5, 5.41) is 1.22. The van der Waals surface area contributed by atoms with Crippen LogP contribution in [0.2, 0.25) is 10.0 Å². The average Bonchev–Trinajstić information content (AvgIpc) is 3.02. The normalized spacial score (nSPS) is 16.9. The largest absolute Gasteiger partial charge is 0.489 e. The number of Topliss-reactive ketones (excluding diaryl/α,β-unsaturated/α-hetero) is 1. The average molecular weight is 378 g/mol. The number of anilines is 1. The summed E-state index contributed by atoms with van der Waals surface area (Å²) in [6.07, 6.45) is 2.82. The van der Waals surface area contributed by atoms with Gasteiger partial charge in [-0.3, -0.25) is 4.79 Å². The van der Waals surface area contributed by atoms with E-state index in [4.69, 9.17) is 27.9 Å². The fourth-order valence-electron chi connectivity index (χ4n) is 3.25. The van der Waals surface area contributed by atoms with Crippen LogP contribution in [0.4, 0.5) is 5.69 Å². The second-order valence-corrected chi connectivity index (χ2v) is 7.26. The van der Waals surface area contributed by atoms with Crippen LogP contribution in [0.15, 0.2) is 42.5 Å². The Morgan fingerprint density at radius 3 is 2.64 bits per heavy atom. The minimum atomic E-state index is 0.247. The molecule has 1 fully saturated rings. The predicted octanol–water partition coefficient (Wildman–Crippen LogP) is 5.52. The van der Waals surface area contributed by atoms with Crippen molar-refractivity contribution in [3.05, 3.63) is 58.1 Å². The second kappa shape index (κ2) is 8.11. The number of benzene rings is 2. The Morgan fingerprint density at radius 2 is 1.96 bits per heavy atom. The molecule has 1 saturated heterocycles. The van der Waals surface area contributed by atoms with Crippen LogP contribution < -0.4 is 9.64 Å². The topological polar surface area (TPSA) is 29.5 Å². The lowest BCUT2D eigenvalue weighted by Gasteiger charge is -2.26. The lowest BCUT2D eigenvalue weighted by Crippen LogP contribution is -2.30. The Labute approximate surface area is 158 Å². The Kier molecular flexibility index (Phi) is 5.87. The van der Waals surface area contributed by atoms with Crippen LogP contribution >= 0.6 is 23.2 Å². The summed E-state index contributed by atoms with van der Waals surface area (Å²) in [5.74, 6) is 1.04. The molecule has 25 heavy (non-hydrogen) atoms. The van der Waals surface area contributed by atoms with Crippen LogP contribution in [0.5, 0.6) is 5.75 Å². The van der Waals surface area contributed by atoms with E-state index < -0.39 is 0 Å². The van der Waals surface area contributed by atoms with Gasteiger partial charge in [0.1, 0.15) is 18.1 Å². The zero-order valence-electron chi connectivity index (χ0n) is 14.2. The summed E-state index contributed by atoms with van der Waals surface area (Å²) in [6.45, 7) is 3.06. The third-order valence-electron chi connectivity index (χ3n) is 4.48. The van der Waals surface area contributed by atoms with Crippen molar-refractivity contribution in [2.45, 2.75) is 38.8 Å². The molecule has 2 aromatic carbocycles. The van der Waals surface area contributed by atoms with Gasteiger partial charge in [-0.1, -0.05) is 29.3 Å². The molecule has 3 rings (SSSR count). The molecular formula is C20H21Cl2NO2. The molecule has 0 radical (unpaired) electrons. The van der Waals surface area contributed by atoms with Crippen LogP contribution in [-0.2, 0) is 11.4 Å². The van der Waals surface area contributed by atoms with Crippen molar-refractivity contribution in [3.63, 3.8) is 0 Å². The van der Waals surface area contributed by atoms with Gasteiger partial charge in [-0.2, -0.15) is 0 Å². The van der Waals surface area contributed by atoms with E-state index in [0.717, 1.165) is 36.4 Å². The SMILES string of the molecule is CC(=O)CC1CCCN1c1ccc(OCc2ccc(Cl)cc2Cl)cc1. The maximum Gasteiger partial charge on any atom is 0.131 e. The van der Waals surface area contributed by atoms with Crippen molar-refractivity contribution in [2.75, 3.05) is 11.4 Å². The van der Waals surface area contributed by atoms with Gasteiger partial charge in [0, 0.05) is 40.3 Å². The molecule has 0 bridgehead atoms. The first-order valence-electron chi connectivity index (χ1n) is 8.46. The second-order valence-electron chi connectivity index (χ2n) is 6.41. The zero-order chi connectivity index (χ0) is 17.8. The number of hydrogen-bond donors (Lipinski definition) is 0. The molecule has 1 aliphatic rings. The van der Waals surface area contributed by atoms with Crippen LogP contribution in [-0.4, -0.2) is 18.4 Å². The highest BCUT2D eigenvalue weighted by molar-refractivity contribution is 6.35. The Bertz CT molecular complexity index is 746. The molecule has 0 amide bonds. The van der Waals surface area contributed by atoms with Crippen molar-refractivity contribution in [1.29, 1.82) is 0 Å². The van der Waals surface area contributed by atoms with Gasteiger partial charge >= 0.3 is 0 Å². The summed E-state index contributed by atoms with van der Waals surface area (Å²) in [7, 11) is 0. The predicted molar refractivity (Wildman–Crippen MR) is 103 cm³/mol. The molecular weight excluding hydrogens is 357 g/mol. The first kappa shape index (κ1) is 18.1. The van der Waals surface area contributed by atoms with Gasteiger partial charge in [-0.05, 0) is 56.2 Å². The van der Waals surface area contributed by atoms with Crippen LogP contribution in [0.1, 0.15) is 31.7 Å². The molecule has 1 aliphatic heterocycles. The molecule has 1 heterocycles. The molecule has 0 aliphatic carbocycles. The summed E-state index contributed by atoms with van der Waals surface area (Å²) in [6, 6.07) is 13.7. The van der Waals surface area contributed by atoms with Crippen molar-refractivity contribution in [1.82, 2.24) is 0 Å². The monoisotopic (exact) mass is 377 g/mol. The first-order chi connectivity index (χ1) is 12.0. The Hall–Kier alpha value is -1.71. The lowest BCUT2D eigenvalue weighted by atomic mass is 10.1. The van der Waals surface area contributed by atoms with Gasteiger partial charge in [-0.15, -0.1) is 0 Å². The van der Waals surface area contributed by atoms with E-state index in [9.17, 15) is 4.79 Å². The van der Waals surface area contributed by atoms with E-state index >= 15 is 0 Å². The molecule has 0 spiro atoms. The molecule has 1 atom stereocenters. The quantitative estimate of drug-likeness (QED) is 0.663. The number of carbonyl (C=O) groups is 1. The van der Waals surface area contributed by atoms with Crippen LogP contribution in [0, 0.1) is 0 Å². The summed E-state index contributed by atoms with van der Waals surface area (Å²) < 4.78 is 5.82. The summed E-state index contributed by atoms with van der Waals surface area (Å²) in [5.41, 5.74) is 2.04. The molecule has 132 valence electrons. The third-order valence-corrected chi connectivity index (χ3v) is 5.06. The lowest BCUT2D eigenvalue weighted by molar-refractivity contribution is -0.117. The molecule has 2 aromatic rings. The van der Waals surface area contributed by atoms with E-state index in [2.05, 4.69) is 17.0 Å². The smallest absolute Gasteiger partial charge is 0.131 e. The minimum absolute atomic E-state index is 0.247. The van der Waals surface area contributed by atoms with E-state index in [1.54, 1.807) is 19.1 Å². The fraction of sp³-hybridized carbons (Fsp3) is 0.350. The van der Waals surface area contributed by atoms with Gasteiger partial charge in [0.05, 0.1) is 0 Å². The zero-order valence-corrected chi connectivity index (χ0v) is 15.7. The number of hydrogen-bond acceptors (Lipinski definition) is 3. The molecule has 0 saturated carbocycles. The van der Waals surface area contributed by atoms with E-state index in [0.29, 0.717) is 29.1 Å². The van der Waals surface area contributed by atoms with Gasteiger partial charge in [0.25, 0.3) is 0 Å². The van der Waals surface area contributed by atoms with Crippen molar-refractivity contribution in [2.24, 2.45) is 0 Å². The van der Waals surface area contributed by atoms with Crippen molar-refractivity contribution < 1.29 is 9.53 Å². The number of rotatable bonds is 6. The molecule has 0 N–H and O–H groups in total. The van der Waals surface area contributed by atoms with Gasteiger partial charge in [-0.25, -0.2) is 0 Å². The number of ketones is 1. The highest BCUT2D eigenvalue weighted by Crippen LogP contribution is 2.29. The van der Waals surface area contributed by atoms with Crippen LogP contribution in [0.25, 0.3) is 0 Å². The van der Waals surface area contributed by atoms with E-state index in [1.165, 1.54) is 0 Å². The molecule has 5 heteroatoms. The van der Waals surface area contributed by atoms with Crippen LogP contribution in [0.3, 0.4) is 0 Å². The standard InChI is InChI=1S/C20H21Cl2NO2/c1-14(24)11-18-3-2-10-23(18)17-6-8-19(9-7-17)25-13-15-4-5-16(21)12-20(15)22/h4-9,12,18H,2-3,10-11,13H2,1H3. The van der Waals surface area contributed by atoms with Gasteiger partial charge < -0.3 is 9.64 Å². The minimum Gasteiger partial charge on any atom is -0.489 e. The molecule has 3 nitrogen and oxygen atoms in total. The third kappa shape index (κ3) is 4.68. The first-order valence-corrected chi connectivity index (χ1v) is 9.21. The molecule has 1 unspecified atom stereocenters. The number of ether oxygens (including phenoxy) is 1. The fourth-order valence-corrected chi connectivity index (χ4v) is 3.72. The van der Waals surface area contributed by atoms with E-state index in [-0.39, 0.29) is 5.78 Å². The number of carbonyl (C=O) groups excluding carboxylic acids is 1. The highest BCUT2D eigenvalue weighted by Gasteiger charge is 2.25. The summed E-state index contributed by atoms with van der Waals surface area (Å²) >= 11 is 12.1.